The number of benzene rings is 2. The number of nitrogens with one attached hydrogen (secondary N) is 1. The van der Waals surface area contributed by atoms with Gasteiger partial charge < -0.3 is 19.5 Å². The van der Waals surface area contributed by atoms with E-state index in [9.17, 15) is 9.59 Å². The van der Waals surface area contributed by atoms with Crippen molar-refractivity contribution < 1.29 is 23.8 Å². The second-order valence-corrected chi connectivity index (χ2v) is 6.18. The topological polar surface area (TPSA) is 73.9 Å². The molecule has 0 atom stereocenters. The van der Waals surface area contributed by atoms with Crippen molar-refractivity contribution in [2.45, 2.75) is 6.92 Å². The molecule has 134 valence electrons. The Labute approximate surface area is 158 Å². The Morgan fingerprint density at radius 1 is 1.19 bits per heavy atom. The molecule has 0 fully saturated rings. The molecule has 0 aromatic heterocycles. The molecule has 3 rings (SSSR count). The van der Waals surface area contributed by atoms with Gasteiger partial charge in [0.05, 0.1) is 12.2 Å². The summed E-state index contributed by atoms with van der Waals surface area (Å²) in [6.45, 7) is 2.06. The minimum Gasteiger partial charge on any atom is -0.461 e. The van der Waals surface area contributed by atoms with Crippen molar-refractivity contribution in [3.63, 3.8) is 0 Å². The van der Waals surface area contributed by atoms with Gasteiger partial charge in [0, 0.05) is 4.47 Å². The van der Waals surface area contributed by atoms with Crippen LogP contribution >= 0.6 is 15.9 Å². The zero-order chi connectivity index (χ0) is 18.5. The summed E-state index contributed by atoms with van der Waals surface area (Å²) in [6, 6.07) is 12.2. The normalized spacial score (nSPS) is 12.6. The maximum absolute atomic E-state index is 12.5. The summed E-state index contributed by atoms with van der Waals surface area (Å²) in [6.07, 6.45) is 1.54. The van der Waals surface area contributed by atoms with Crippen LogP contribution in [0.4, 0.5) is 0 Å². The number of amides is 1. The summed E-state index contributed by atoms with van der Waals surface area (Å²) in [7, 11) is 0. The highest BCUT2D eigenvalue weighted by Crippen LogP contribution is 2.33. The van der Waals surface area contributed by atoms with Gasteiger partial charge in [0.15, 0.2) is 11.5 Å². The van der Waals surface area contributed by atoms with Crippen molar-refractivity contribution in [2.75, 3.05) is 13.4 Å². The third-order valence-corrected chi connectivity index (χ3v) is 4.26. The van der Waals surface area contributed by atoms with Crippen LogP contribution in [-0.4, -0.2) is 25.3 Å². The Balaban J connectivity index is 1.89. The van der Waals surface area contributed by atoms with Crippen LogP contribution in [0.3, 0.4) is 0 Å². The first-order chi connectivity index (χ1) is 12.6. The molecule has 0 saturated carbocycles. The van der Waals surface area contributed by atoms with Gasteiger partial charge in [0.25, 0.3) is 5.91 Å². The maximum Gasteiger partial charge on any atom is 0.354 e. The molecule has 26 heavy (non-hydrogen) atoms. The Morgan fingerprint density at radius 3 is 2.73 bits per heavy atom. The monoisotopic (exact) mass is 417 g/mol. The number of hydrogen-bond donors (Lipinski definition) is 1. The first-order valence-corrected chi connectivity index (χ1v) is 8.72. The fourth-order valence-electron chi connectivity index (χ4n) is 2.36. The Kier molecular flexibility index (Phi) is 5.58. The molecule has 7 heteroatoms. The molecule has 1 aliphatic heterocycles. The summed E-state index contributed by atoms with van der Waals surface area (Å²) in [5, 5.41) is 2.62. The van der Waals surface area contributed by atoms with Crippen LogP contribution < -0.4 is 14.8 Å². The summed E-state index contributed by atoms with van der Waals surface area (Å²) < 4.78 is 16.3. The number of carbonyl (C=O) groups excluding carboxylic acids is 2. The quantitative estimate of drug-likeness (QED) is 0.594. The van der Waals surface area contributed by atoms with E-state index in [0.29, 0.717) is 27.1 Å². The lowest BCUT2D eigenvalue weighted by molar-refractivity contribution is -0.138. The molecule has 0 bridgehead atoms. The van der Waals surface area contributed by atoms with Crippen LogP contribution in [0, 0.1) is 0 Å². The number of carbonyl (C=O) groups is 2. The predicted octanol–water partition coefficient (Wildman–Crippen LogP) is 3.51. The van der Waals surface area contributed by atoms with E-state index >= 15 is 0 Å². The number of hydrogen-bond acceptors (Lipinski definition) is 5. The van der Waals surface area contributed by atoms with E-state index < -0.39 is 11.9 Å². The Morgan fingerprint density at radius 2 is 1.96 bits per heavy atom. The molecule has 1 amide bonds. The van der Waals surface area contributed by atoms with Crippen molar-refractivity contribution in [3.8, 4) is 11.5 Å². The van der Waals surface area contributed by atoms with Crippen LogP contribution in [0.25, 0.3) is 6.08 Å². The summed E-state index contributed by atoms with van der Waals surface area (Å²) in [4.78, 5) is 24.8. The molecule has 2 aromatic rings. The van der Waals surface area contributed by atoms with Crippen molar-refractivity contribution in [2.24, 2.45) is 0 Å². The lowest BCUT2D eigenvalue weighted by Crippen LogP contribution is -2.28. The lowest BCUT2D eigenvalue weighted by atomic mass is 10.1. The minimum absolute atomic E-state index is 0.0338. The first kappa shape index (κ1) is 18.0. The van der Waals surface area contributed by atoms with Crippen molar-refractivity contribution in [1.82, 2.24) is 5.32 Å². The number of esters is 1. The summed E-state index contributed by atoms with van der Waals surface area (Å²) in [5.41, 5.74) is 1.12. The molecule has 1 N–H and O–H groups in total. The second-order valence-electron chi connectivity index (χ2n) is 5.33. The Bertz CT molecular complexity index is 878. The molecule has 0 saturated heterocycles. The average molecular weight is 418 g/mol. The van der Waals surface area contributed by atoms with Crippen LogP contribution in [-0.2, 0) is 9.53 Å². The van der Waals surface area contributed by atoms with E-state index in [0.717, 1.165) is 0 Å². The molecule has 0 spiro atoms. The number of fused-ring (bicyclic) bond motifs is 1. The fraction of sp³-hybridized carbons (Fsp3) is 0.158. The summed E-state index contributed by atoms with van der Waals surface area (Å²) in [5.74, 6) is 0.180. The molecule has 0 radical (unpaired) electrons. The van der Waals surface area contributed by atoms with Gasteiger partial charge in [-0.2, -0.15) is 0 Å². The third kappa shape index (κ3) is 4.05. The lowest BCUT2D eigenvalue weighted by Gasteiger charge is -2.10. The van der Waals surface area contributed by atoms with Gasteiger partial charge in [-0.1, -0.05) is 18.2 Å². The van der Waals surface area contributed by atoms with Gasteiger partial charge in [-0.15, -0.1) is 0 Å². The highest BCUT2D eigenvalue weighted by Gasteiger charge is 2.18. The first-order valence-electron chi connectivity index (χ1n) is 7.93. The highest BCUT2D eigenvalue weighted by molar-refractivity contribution is 9.10. The van der Waals surface area contributed by atoms with E-state index in [1.165, 1.54) is 6.08 Å². The van der Waals surface area contributed by atoms with Crippen LogP contribution in [0.5, 0.6) is 11.5 Å². The number of halogens is 1. The van der Waals surface area contributed by atoms with Crippen LogP contribution in [0.1, 0.15) is 22.8 Å². The molecule has 1 heterocycles. The van der Waals surface area contributed by atoms with Gasteiger partial charge in [0.2, 0.25) is 6.79 Å². The maximum atomic E-state index is 12.5. The Hall–Kier alpha value is -2.80. The van der Waals surface area contributed by atoms with Gasteiger partial charge >= 0.3 is 5.97 Å². The van der Waals surface area contributed by atoms with Gasteiger partial charge in [-0.25, -0.2) is 4.79 Å². The third-order valence-electron chi connectivity index (χ3n) is 3.57. The minimum atomic E-state index is -0.620. The summed E-state index contributed by atoms with van der Waals surface area (Å²) >= 11 is 3.33. The van der Waals surface area contributed by atoms with Gasteiger partial charge in [-0.3, -0.25) is 4.79 Å². The number of rotatable bonds is 5. The molecule has 6 nitrogen and oxygen atoms in total. The van der Waals surface area contributed by atoms with Crippen LogP contribution in [0.15, 0.2) is 52.6 Å². The van der Waals surface area contributed by atoms with Crippen molar-refractivity contribution in [1.29, 1.82) is 0 Å². The van der Waals surface area contributed by atoms with E-state index in [1.54, 1.807) is 49.4 Å². The average Bonchev–Trinajstić information content (AvgIpc) is 3.09. The molecule has 2 aromatic carbocycles. The highest BCUT2D eigenvalue weighted by atomic mass is 79.9. The molecular weight excluding hydrogens is 402 g/mol. The van der Waals surface area contributed by atoms with E-state index in [-0.39, 0.29) is 19.1 Å². The van der Waals surface area contributed by atoms with E-state index in [2.05, 4.69) is 21.2 Å². The van der Waals surface area contributed by atoms with Crippen LogP contribution in [0.2, 0.25) is 0 Å². The van der Waals surface area contributed by atoms with E-state index in [4.69, 9.17) is 14.2 Å². The zero-order valence-electron chi connectivity index (χ0n) is 14.0. The molecular formula is C19H16BrNO5. The van der Waals surface area contributed by atoms with Gasteiger partial charge in [0.1, 0.15) is 5.70 Å². The smallest absolute Gasteiger partial charge is 0.354 e. The molecule has 0 unspecified atom stereocenters. The molecule has 1 aliphatic rings. The SMILES string of the molecule is CCOC(=O)/C(=C/c1ccc2c(c1)OCO2)NC(=O)c1ccccc1Br. The zero-order valence-corrected chi connectivity index (χ0v) is 15.5. The second kappa shape index (κ2) is 8.05. The van der Waals surface area contributed by atoms with Crippen molar-refractivity contribution in [3.05, 3.63) is 63.8 Å². The van der Waals surface area contributed by atoms with Crippen molar-refractivity contribution >= 4 is 33.9 Å². The standard InChI is InChI=1S/C19H16BrNO5/c1-2-24-19(23)15(21-18(22)13-5-3-4-6-14(13)20)9-12-7-8-16-17(10-12)26-11-25-16/h3-10H,2,11H2,1H3,(H,21,22)/b15-9-. The predicted molar refractivity (Wildman–Crippen MR) is 98.8 cm³/mol. The largest absolute Gasteiger partial charge is 0.461 e. The van der Waals surface area contributed by atoms with Gasteiger partial charge in [-0.05, 0) is 58.8 Å². The molecule has 0 aliphatic carbocycles. The van der Waals surface area contributed by atoms with E-state index in [1.807, 2.05) is 0 Å². The number of ether oxygens (including phenoxy) is 3. The fourth-order valence-corrected chi connectivity index (χ4v) is 2.82.